The molecule has 3 heterocycles. The number of carboxylic acids is 1. The minimum Gasteiger partial charge on any atom is -0.550 e. The molecule has 160 valence electrons. The molecule has 0 spiro atoms. The Balaban J connectivity index is 1.32. The van der Waals surface area contributed by atoms with Gasteiger partial charge in [0.2, 0.25) is 5.91 Å². The molecule has 2 saturated heterocycles. The number of rotatable bonds is 5. The Bertz CT molecular complexity index is 930. The van der Waals surface area contributed by atoms with Crippen molar-refractivity contribution in [2.75, 3.05) is 26.2 Å². The molecular weight excluding hydrogens is 392 g/mol. The number of hydrogen-bond acceptors (Lipinski definition) is 4. The maximum Gasteiger partial charge on any atom is 0.229 e. The number of amides is 1. The molecule has 0 radical (unpaired) electrons. The van der Waals surface area contributed by atoms with Crippen molar-refractivity contribution in [3.8, 4) is 0 Å². The Labute approximate surface area is 181 Å². The van der Waals surface area contributed by atoms with Crippen molar-refractivity contribution >= 4 is 11.9 Å². The first-order valence-corrected chi connectivity index (χ1v) is 10.9. The van der Waals surface area contributed by atoms with Gasteiger partial charge in [0.15, 0.2) is 0 Å². The van der Waals surface area contributed by atoms with Gasteiger partial charge in [-0.2, -0.15) is 0 Å². The van der Waals surface area contributed by atoms with Crippen LogP contribution in [0, 0.1) is 11.8 Å². The molecule has 1 amide bonds. The number of nitrogens with one attached hydrogen (secondary N) is 1. The quantitative estimate of drug-likeness (QED) is 0.684. The molecule has 6 nitrogen and oxygen atoms in total. The fourth-order valence-corrected chi connectivity index (χ4v) is 5.35. The van der Waals surface area contributed by atoms with Gasteiger partial charge in [0, 0.05) is 23.0 Å². The van der Waals surface area contributed by atoms with Crippen LogP contribution >= 0.6 is 0 Å². The highest BCUT2D eigenvalue weighted by Crippen LogP contribution is 2.39. The molecule has 2 aromatic carbocycles. The standard InChI is InChI=1S/C25H26N2O4/c28-24(21-19-11-12-20(31-19)22(21)25(29)30)27-15-13-26(14-16-27)23(17-7-3-1-4-8-17)18-9-5-2-6-10-18/h1-12,19-23H,13-16H2,(H,29,30)/t19-,20+,21+,22-/m0/s1. The highest BCUT2D eigenvalue weighted by atomic mass is 16.5. The third-order valence-electron chi connectivity index (χ3n) is 6.85. The number of carboxylic acid groups (broad SMARTS) is 1. The second kappa shape index (κ2) is 8.29. The van der Waals surface area contributed by atoms with Crippen LogP contribution in [0.3, 0.4) is 0 Å². The Morgan fingerprint density at radius 2 is 1.39 bits per heavy atom. The third-order valence-corrected chi connectivity index (χ3v) is 6.85. The van der Waals surface area contributed by atoms with Crippen molar-refractivity contribution < 1.29 is 24.3 Å². The summed E-state index contributed by atoms with van der Waals surface area (Å²) in [6, 6.07) is 21.1. The monoisotopic (exact) mass is 418 g/mol. The number of hydrogen-bond donors (Lipinski definition) is 1. The first-order valence-electron chi connectivity index (χ1n) is 10.9. The average Bonchev–Trinajstić information content (AvgIpc) is 3.43. The molecule has 2 fully saturated rings. The van der Waals surface area contributed by atoms with Crippen LogP contribution in [0.15, 0.2) is 72.8 Å². The maximum absolute atomic E-state index is 13.2. The lowest BCUT2D eigenvalue weighted by molar-refractivity contribution is -0.929. The number of nitrogens with zero attached hydrogens (tertiary/aromatic N) is 1. The number of carbonyl (C=O) groups excluding carboxylic acids is 2. The minimum absolute atomic E-state index is 0.124. The van der Waals surface area contributed by atoms with Gasteiger partial charge in [0.1, 0.15) is 6.04 Å². The summed E-state index contributed by atoms with van der Waals surface area (Å²) in [6.45, 7) is 2.80. The fourth-order valence-electron chi connectivity index (χ4n) is 5.35. The molecular formula is C25H26N2O4. The minimum atomic E-state index is -1.20. The van der Waals surface area contributed by atoms with Crippen molar-refractivity contribution in [2.24, 2.45) is 11.8 Å². The van der Waals surface area contributed by atoms with E-state index in [9.17, 15) is 14.7 Å². The molecule has 1 N–H and O–H groups in total. The molecule has 0 saturated carbocycles. The van der Waals surface area contributed by atoms with Gasteiger partial charge in [-0.15, -0.1) is 0 Å². The number of benzene rings is 2. The summed E-state index contributed by atoms with van der Waals surface area (Å²) in [7, 11) is 0. The van der Waals surface area contributed by atoms with Crippen LogP contribution in [0.5, 0.6) is 0 Å². The van der Waals surface area contributed by atoms with E-state index in [2.05, 4.69) is 48.5 Å². The van der Waals surface area contributed by atoms with Crippen LogP contribution in [0.25, 0.3) is 0 Å². The topological polar surface area (TPSA) is 74.1 Å². The van der Waals surface area contributed by atoms with Crippen LogP contribution in [0.1, 0.15) is 17.2 Å². The highest BCUT2D eigenvalue weighted by Gasteiger charge is 2.51. The normalized spacial score (nSPS) is 27.7. The molecule has 2 aromatic rings. The molecule has 31 heavy (non-hydrogen) atoms. The molecule has 0 aromatic heterocycles. The summed E-state index contributed by atoms with van der Waals surface area (Å²) in [5, 5.41) is 11.6. The van der Waals surface area contributed by atoms with Gasteiger partial charge in [-0.3, -0.25) is 4.79 Å². The van der Waals surface area contributed by atoms with E-state index in [-0.39, 0.29) is 11.9 Å². The molecule has 3 aliphatic rings. The highest BCUT2D eigenvalue weighted by molar-refractivity contribution is 5.86. The number of piperazine rings is 1. The van der Waals surface area contributed by atoms with Gasteiger partial charge >= 0.3 is 0 Å². The van der Waals surface area contributed by atoms with Crippen molar-refractivity contribution in [3.63, 3.8) is 0 Å². The number of ether oxygens (including phenoxy) is 1. The van der Waals surface area contributed by atoms with Gasteiger partial charge in [0.25, 0.3) is 0 Å². The lowest BCUT2D eigenvalue weighted by Gasteiger charge is -2.39. The molecule has 4 atom stereocenters. The van der Waals surface area contributed by atoms with Crippen LogP contribution in [0.4, 0.5) is 0 Å². The van der Waals surface area contributed by atoms with E-state index in [0.29, 0.717) is 13.1 Å². The molecule has 3 aliphatic heterocycles. The Morgan fingerprint density at radius 3 is 1.90 bits per heavy atom. The summed E-state index contributed by atoms with van der Waals surface area (Å²) in [5.74, 6) is -2.90. The van der Waals surface area contributed by atoms with E-state index >= 15 is 0 Å². The number of carbonyl (C=O) groups is 2. The van der Waals surface area contributed by atoms with E-state index in [1.165, 1.54) is 16.0 Å². The SMILES string of the molecule is O=C([O-])[C@@H]1[C@H](C(=O)N2CC[NH+](C(c3ccccc3)c3ccccc3)CC2)[C@@H]2C=C[C@H]1O2. The first kappa shape index (κ1) is 20.0. The van der Waals surface area contributed by atoms with E-state index in [0.717, 1.165) is 13.1 Å². The van der Waals surface area contributed by atoms with E-state index < -0.39 is 30.0 Å². The number of quaternary nitrogens is 1. The zero-order valence-corrected chi connectivity index (χ0v) is 17.2. The second-order valence-corrected chi connectivity index (χ2v) is 8.56. The number of aliphatic carboxylic acids is 1. The third kappa shape index (κ3) is 3.66. The fraction of sp³-hybridized carbons (Fsp3) is 0.360. The zero-order chi connectivity index (χ0) is 21.4. The molecule has 0 aliphatic carbocycles. The number of fused-ring (bicyclic) bond motifs is 2. The van der Waals surface area contributed by atoms with Crippen LogP contribution in [0.2, 0.25) is 0 Å². The van der Waals surface area contributed by atoms with E-state index in [1.54, 1.807) is 6.08 Å². The lowest BCUT2D eigenvalue weighted by atomic mass is 9.82. The average molecular weight is 418 g/mol. The van der Waals surface area contributed by atoms with Crippen molar-refractivity contribution in [2.45, 2.75) is 18.2 Å². The molecule has 2 bridgehead atoms. The van der Waals surface area contributed by atoms with Gasteiger partial charge in [-0.1, -0.05) is 72.8 Å². The molecule has 0 unspecified atom stereocenters. The summed E-state index contributed by atoms with van der Waals surface area (Å²) in [5.41, 5.74) is 2.51. The summed E-state index contributed by atoms with van der Waals surface area (Å²) in [4.78, 5) is 28.1. The van der Waals surface area contributed by atoms with Gasteiger partial charge in [-0.25, -0.2) is 0 Å². The van der Waals surface area contributed by atoms with Gasteiger partial charge in [0.05, 0.1) is 44.3 Å². The molecule has 6 heteroatoms. The van der Waals surface area contributed by atoms with Crippen molar-refractivity contribution in [1.82, 2.24) is 4.90 Å². The van der Waals surface area contributed by atoms with E-state index in [4.69, 9.17) is 4.74 Å². The summed E-state index contributed by atoms with van der Waals surface area (Å²) in [6.07, 6.45) is 2.56. The first-order chi connectivity index (χ1) is 15.1. The predicted molar refractivity (Wildman–Crippen MR) is 112 cm³/mol. The van der Waals surface area contributed by atoms with Gasteiger partial charge < -0.3 is 24.4 Å². The summed E-state index contributed by atoms with van der Waals surface area (Å²) >= 11 is 0. The van der Waals surface area contributed by atoms with Crippen LogP contribution in [-0.4, -0.2) is 55.2 Å². The van der Waals surface area contributed by atoms with Crippen molar-refractivity contribution in [3.05, 3.63) is 83.9 Å². The summed E-state index contributed by atoms with van der Waals surface area (Å²) < 4.78 is 5.66. The Hall–Kier alpha value is -2.96. The Kier molecular flexibility index (Phi) is 5.34. The Morgan fingerprint density at radius 1 is 0.871 bits per heavy atom. The zero-order valence-electron chi connectivity index (χ0n) is 17.2. The largest absolute Gasteiger partial charge is 0.550 e. The van der Waals surface area contributed by atoms with Crippen LogP contribution in [-0.2, 0) is 14.3 Å². The predicted octanol–water partition coefficient (Wildman–Crippen LogP) is -0.177. The second-order valence-electron chi connectivity index (χ2n) is 8.56. The van der Waals surface area contributed by atoms with Crippen LogP contribution < -0.4 is 10.0 Å². The smallest absolute Gasteiger partial charge is 0.229 e. The van der Waals surface area contributed by atoms with E-state index in [1.807, 2.05) is 23.1 Å². The van der Waals surface area contributed by atoms with Crippen molar-refractivity contribution in [1.29, 1.82) is 0 Å². The maximum atomic E-state index is 13.2. The van der Waals surface area contributed by atoms with Gasteiger partial charge in [-0.05, 0) is 0 Å². The lowest BCUT2D eigenvalue weighted by Crippen LogP contribution is -3.15. The molecule has 5 rings (SSSR count).